The van der Waals surface area contributed by atoms with Gasteiger partial charge in [-0.15, -0.1) is 0 Å². The van der Waals surface area contributed by atoms with Crippen molar-refractivity contribution in [3.8, 4) is 5.69 Å². The van der Waals surface area contributed by atoms with Crippen LogP contribution in [0.1, 0.15) is 48.6 Å². The molecule has 0 saturated carbocycles. The van der Waals surface area contributed by atoms with Crippen LogP contribution in [0.2, 0.25) is 10.0 Å². The van der Waals surface area contributed by atoms with E-state index in [-0.39, 0.29) is 12.1 Å². The molecule has 1 N–H and O–H groups in total. The van der Waals surface area contributed by atoms with Crippen LogP contribution >= 0.6 is 35.4 Å². The molecular weight excluding hydrogens is 447 g/mol. The van der Waals surface area contributed by atoms with Gasteiger partial charge in [0.2, 0.25) is 0 Å². The molecule has 0 bridgehead atoms. The summed E-state index contributed by atoms with van der Waals surface area (Å²) in [5.41, 5.74) is 5.28. The van der Waals surface area contributed by atoms with Gasteiger partial charge < -0.3 is 14.8 Å². The fraction of sp³-hybridized carbons (Fsp3) is 0.333. The van der Waals surface area contributed by atoms with Gasteiger partial charge in [0.25, 0.3) is 0 Å². The summed E-state index contributed by atoms with van der Waals surface area (Å²) in [6.45, 7) is 9.51. The molecule has 7 heteroatoms. The molecule has 1 aliphatic heterocycles. The molecule has 0 aliphatic carbocycles. The van der Waals surface area contributed by atoms with Crippen molar-refractivity contribution in [2.24, 2.45) is 5.92 Å². The van der Waals surface area contributed by atoms with E-state index in [1.54, 1.807) is 0 Å². The Balaban J connectivity index is 1.86. The number of pyridine rings is 1. The second kappa shape index (κ2) is 8.81. The molecule has 0 amide bonds. The number of nitrogens with zero attached hydrogens (tertiary/aromatic N) is 3. The van der Waals surface area contributed by atoms with Crippen molar-refractivity contribution in [2.45, 2.75) is 39.8 Å². The summed E-state index contributed by atoms with van der Waals surface area (Å²) in [4.78, 5) is 6.93. The Labute approximate surface area is 199 Å². The molecule has 3 heterocycles. The highest BCUT2D eigenvalue weighted by Gasteiger charge is 2.41. The predicted molar refractivity (Wildman–Crippen MR) is 132 cm³/mol. The van der Waals surface area contributed by atoms with Gasteiger partial charge in [-0.05, 0) is 67.9 Å². The third-order valence-corrected chi connectivity index (χ3v) is 6.88. The zero-order valence-corrected chi connectivity index (χ0v) is 20.4. The zero-order chi connectivity index (χ0) is 22.3. The molecule has 1 aliphatic rings. The molecule has 0 spiro atoms. The van der Waals surface area contributed by atoms with Gasteiger partial charge in [0, 0.05) is 24.1 Å². The highest BCUT2D eigenvalue weighted by molar-refractivity contribution is 7.80. The number of halogens is 2. The van der Waals surface area contributed by atoms with Gasteiger partial charge >= 0.3 is 0 Å². The average Bonchev–Trinajstić information content (AvgIpc) is 3.20. The lowest BCUT2D eigenvalue weighted by atomic mass is 9.96. The summed E-state index contributed by atoms with van der Waals surface area (Å²) < 4.78 is 2.17. The van der Waals surface area contributed by atoms with Gasteiger partial charge in [0.05, 0.1) is 33.5 Å². The van der Waals surface area contributed by atoms with E-state index in [1.165, 1.54) is 5.56 Å². The van der Waals surface area contributed by atoms with Gasteiger partial charge in [-0.25, -0.2) is 0 Å². The molecule has 1 saturated heterocycles. The first-order valence-electron chi connectivity index (χ1n) is 10.4. The quantitative estimate of drug-likeness (QED) is 0.434. The first-order chi connectivity index (χ1) is 14.8. The molecule has 0 unspecified atom stereocenters. The van der Waals surface area contributed by atoms with Gasteiger partial charge in [0.1, 0.15) is 0 Å². The molecule has 4 nitrogen and oxygen atoms in total. The molecular formula is C24H26Cl2N4S. The van der Waals surface area contributed by atoms with Crippen LogP contribution in [0.5, 0.6) is 0 Å². The Morgan fingerprint density at radius 1 is 1.13 bits per heavy atom. The minimum absolute atomic E-state index is 0.0303. The van der Waals surface area contributed by atoms with Crippen LogP contribution in [0, 0.1) is 19.8 Å². The number of hydrogen-bond acceptors (Lipinski definition) is 2. The molecule has 162 valence electrons. The number of thiocarbonyl (C=S) groups is 1. The van der Waals surface area contributed by atoms with Crippen molar-refractivity contribution in [3.05, 3.63) is 81.4 Å². The summed E-state index contributed by atoms with van der Waals surface area (Å²) in [6.07, 6.45) is 1.83. The summed E-state index contributed by atoms with van der Waals surface area (Å²) >= 11 is 18.7. The van der Waals surface area contributed by atoms with E-state index >= 15 is 0 Å². The maximum atomic E-state index is 6.58. The van der Waals surface area contributed by atoms with E-state index in [0.29, 0.717) is 16.0 Å². The number of benzene rings is 1. The van der Waals surface area contributed by atoms with Crippen molar-refractivity contribution >= 4 is 40.5 Å². The number of rotatable bonds is 5. The number of hydrogen-bond donors (Lipinski definition) is 1. The van der Waals surface area contributed by atoms with Gasteiger partial charge in [-0.2, -0.15) is 0 Å². The molecule has 1 aromatic carbocycles. The second-order valence-corrected chi connectivity index (χ2v) is 9.58. The summed E-state index contributed by atoms with van der Waals surface area (Å²) in [7, 11) is 0. The predicted octanol–water partition coefficient (Wildman–Crippen LogP) is 6.42. The SMILES string of the molecule is Cc1cc([C@@H]2[C@H](c3ccccn3)NC(=S)N2CC(C)C)c(C)n1-c1cccc(Cl)c1Cl. The van der Waals surface area contributed by atoms with Gasteiger partial charge in [-0.1, -0.05) is 49.2 Å². The van der Waals surface area contributed by atoms with Gasteiger partial charge in [0.15, 0.2) is 5.11 Å². The van der Waals surface area contributed by atoms with E-state index in [2.05, 4.69) is 59.6 Å². The Hall–Kier alpha value is -2.08. The van der Waals surface area contributed by atoms with Crippen LogP contribution < -0.4 is 5.32 Å². The first kappa shape index (κ1) is 22.1. The minimum Gasteiger partial charge on any atom is -0.352 e. The lowest BCUT2D eigenvalue weighted by Crippen LogP contribution is -2.33. The van der Waals surface area contributed by atoms with Crippen molar-refractivity contribution < 1.29 is 0 Å². The summed E-state index contributed by atoms with van der Waals surface area (Å²) in [5.74, 6) is 0.468. The topological polar surface area (TPSA) is 33.1 Å². The Morgan fingerprint density at radius 3 is 2.58 bits per heavy atom. The van der Waals surface area contributed by atoms with Crippen molar-refractivity contribution in [1.29, 1.82) is 0 Å². The fourth-order valence-electron chi connectivity index (χ4n) is 4.46. The highest BCUT2D eigenvalue weighted by atomic mass is 35.5. The van der Waals surface area contributed by atoms with Crippen LogP contribution in [0.15, 0.2) is 48.7 Å². The Kier molecular flexibility index (Phi) is 6.29. The summed E-state index contributed by atoms with van der Waals surface area (Å²) in [5, 5.41) is 5.39. The van der Waals surface area contributed by atoms with Crippen molar-refractivity contribution in [2.75, 3.05) is 6.54 Å². The minimum atomic E-state index is -0.0313. The van der Waals surface area contributed by atoms with E-state index < -0.39 is 0 Å². The van der Waals surface area contributed by atoms with Crippen molar-refractivity contribution in [1.82, 2.24) is 19.8 Å². The number of nitrogens with one attached hydrogen (secondary N) is 1. The maximum absolute atomic E-state index is 6.58. The van der Waals surface area contributed by atoms with Crippen molar-refractivity contribution in [3.63, 3.8) is 0 Å². The Bertz CT molecular complexity index is 1110. The molecule has 1 fully saturated rings. The smallest absolute Gasteiger partial charge is 0.170 e. The van der Waals surface area contributed by atoms with E-state index in [9.17, 15) is 0 Å². The fourth-order valence-corrected chi connectivity index (χ4v) is 5.15. The first-order valence-corrected chi connectivity index (χ1v) is 11.6. The second-order valence-electron chi connectivity index (χ2n) is 8.41. The third kappa shape index (κ3) is 4.07. The lowest BCUT2D eigenvalue weighted by Gasteiger charge is -2.29. The van der Waals surface area contributed by atoms with Crippen LogP contribution in [0.25, 0.3) is 5.69 Å². The van der Waals surface area contributed by atoms with Crippen LogP contribution in [0.4, 0.5) is 0 Å². The molecule has 0 radical (unpaired) electrons. The van der Waals surface area contributed by atoms with E-state index in [4.69, 9.17) is 35.4 Å². The van der Waals surface area contributed by atoms with Gasteiger partial charge in [-0.3, -0.25) is 4.98 Å². The molecule has 4 rings (SSSR count). The molecule has 31 heavy (non-hydrogen) atoms. The van der Waals surface area contributed by atoms with Crippen LogP contribution in [-0.4, -0.2) is 26.1 Å². The average molecular weight is 473 g/mol. The standard InChI is InChI=1S/C24H26Cl2N4S/c1-14(2)13-29-23(22(28-24(29)31)19-9-5-6-11-27-19)17-12-15(3)30(16(17)4)20-10-7-8-18(25)21(20)26/h5-12,14,22-23H,13H2,1-4H3,(H,28,31)/t22-,23+/m0/s1. The Morgan fingerprint density at radius 2 is 1.90 bits per heavy atom. The highest BCUT2D eigenvalue weighted by Crippen LogP contribution is 2.42. The number of aryl methyl sites for hydroxylation is 1. The third-order valence-electron chi connectivity index (χ3n) is 5.72. The lowest BCUT2D eigenvalue weighted by molar-refractivity contribution is 0.287. The van der Waals surface area contributed by atoms with Crippen LogP contribution in [-0.2, 0) is 0 Å². The molecule has 2 atom stereocenters. The monoisotopic (exact) mass is 472 g/mol. The number of aromatic nitrogens is 2. The molecule has 3 aromatic rings. The normalized spacial score (nSPS) is 18.7. The largest absolute Gasteiger partial charge is 0.352 e. The summed E-state index contributed by atoms with van der Waals surface area (Å²) in [6, 6.07) is 14.0. The zero-order valence-electron chi connectivity index (χ0n) is 18.1. The maximum Gasteiger partial charge on any atom is 0.170 e. The van der Waals surface area contributed by atoms with E-state index in [0.717, 1.165) is 34.4 Å². The molecule has 2 aromatic heterocycles. The van der Waals surface area contributed by atoms with Crippen LogP contribution in [0.3, 0.4) is 0 Å². The van der Waals surface area contributed by atoms with E-state index in [1.807, 2.05) is 36.5 Å².